The molecule has 0 aromatic heterocycles. The molecule has 1 unspecified atom stereocenters. The van der Waals surface area contributed by atoms with Gasteiger partial charge in [-0.1, -0.05) is 12.1 Å². The maximum atomic E-state index is 12.2. The van der Waals surface area contributed by atoms with Crippen molar-refractivity contribution in [1.29, 1.82) is 0 Å². The molecule has 108 valence electrons. The Morgan fingerprint density at radius 2 is 2.30 bits per heavy atom. The molecule has 0 spiro atoms. The van der Waals surface area contributed by atoms with E-state index in [0.717, 1.165) is 6.42 Å². The summed E-state index contributed by atoms with van der Waals surface area (Å²) in [5.74, 6) is -0.106. The van der Waals surface area contributed by atoms with Crippen LogP contribution >= 0.6 is 0 Å². The summed E-state index contributed by atoms with van der Waals surface area (Å²) in [6.45, 7) is 2.67. The lowest BCUT2D eigenvalue weighted by Gasteiger charge is -2.36. The molecule has 20 heavy (non-hydrogen) atoms. The van der Waals surface area contributed by atoms with Crippen LogP contribution in [-0.4, -0.2) is 39.5 Å². The minimum atomic E-state index is -0.837. The van der Waals surface area contributed by atoms with Crippen LogP contribution in [-0.2, 0) is 11.2 Å². The Labute approximate surface area is 117 Å². The first-order chi connectivity index (χ1) is 9.37. The van der Waals surface area contributed by atoms with E-state index in [1.807, 2.05) is 0 Å². The summed E-state index contributed by atoms with van der Waals surface area (Å²) < 4.78 is 0. The molecule has 6 heteroatoms. The largest absolute Gasteiger partial charge is 0.388 e. The fraction of sp³-hybridized carbons (Fsp3) is 0.500. The second-order valence-electron chi connectivity index (χ2n) is 5.52. The van der Waals surface area contributed by atoms with E-state index >= 15 is 0 Å². The van der Waals surface area contributed by atoms with Gasteiger partial charge in [0.15, 0.2) is 0 Å². The molecule has 0 radical (unpaired) electrons. The standard InChI is InChI=1S/C14H18N2O4/c1-14(18)6-3-7-15(10-14)13(17)9-11-4-2-5-12(8-11)16(19)20/h2,4-5,8,18H,3,6-7,9-10H2,1H3. The predicted molar refractivity (Wildman–Crippen MR) is 73.2 cm³/mol. The number of rotatable bonds is 3. The number of carbonyl (C=O) groups excluding carboxylic acids is 1. The van der Waals surface area contributed by atoms with Gasteiger partial charge in [0.05, 0.1) is 16.9 Å². The topological polar surface area (TPSA) is 83.7 Å². The molecule has 0 aliphatic carbocycles. The number of hydrogen-bond donors (Lipinski definition) is 1. The highest BCUT2D eigenvalue weighted by atomic mass is 16.6. The van der Waals surface area contributed by atoms with Crippen LogP contribution in [0.1, 0.15) is 25.3 Å². The number of aliphatic hydroxyl groups is 1. The van der Waals surface area contributed by atoms with Gasteiger partial charge in [0.2, 0.25) is 5.91 Å². The molecule has 1 fully saturated rings. The number of non-ortho nitro benzene ring substituents is 1. The van der Waals surface area contributed by atoms with Crippen molar-refractivity contribution in [3.63, 3.8) is 0 Å². The van der Waals surface area contributed by atoms with E-state index in [4.69, 9.17) is 0 Å². The summed E-state index contributed by atoms with van der Waals surface area (Å²) in [7, 11) is 0. The van der Waals surface area contributed by atoms with Crippen LogP contribution in [0, 0.1) is 10.1 Å². The van der Waals surface area contributed by atoms with Gasteiger partial charge in [0.25, 0.3) is 5.69 Å². The maximum Gasteiger partial charge on any atom is 0.269 e. The molecular formula is C14H18N2O4. The lowest BCUT2D eigenvalue weighted by Crippen LogP contribution is -2.49. The third kappa shape index (κ3) is 3.54. The van der Waals surface area contributed by atoms with Crippen molar-refractivity contribution < 1.29 is 14.8 Å². The zero-order valence-electron chi connectivity index (χ0n) is 11.4. The number of nitro groups is 1. The minimum absolute atomic E-state index is 0.0130. The smallest absolute Gasteiger partial charge is 0.269 e. The quantitative estimate of drug-likeness (QED) is 0.671. The number of amides is 1. The molecule has 1 saturated heterocycles. The summed E-state index contributed by atoms with van der Waals surface area (Å²) in [5, 5.41) is 20.7. The number of hydrogen-bond acceptors (Lipinski definition) is 4. The van der Waals surface area contributed by atoms with Crippen molar-refractivity contribution in [3.8, 4) is 0 Å². The van der Waals surface area contributed by atoms with Crippen LogP contribution in [0.3, 0.4) is 0 Å². The van der Waals surface area contributed by atoms with Gasteiger partial charge in [0, 0.05) is 25.2 Å². The predicted octanol–water partition coefficient (Wildman–Crippen LogP) is 1.51. The molecule has 1 atom stereocenters. The van der Waals surface area contributed by atoms with Gasteiger partial charge in [0.1, 0.15) is 0 Å². The van der Waals surface area contributed by atoms with Crippen molar-refractivity contribution in [3.05, 3.63) is 39.9 Å². The minimum Gasteiger partial charge on any atom is -0.388 e. The number of nitrogens with zero attached hydrogens (tertiary/aromatic N) is 2. The van der Waals surface area contributed by atoms with E-state index in [0.29, 0.717) is 25.1 Å². The number of carbonyl (C=O) groups is 1. The third-order valence-corrected chi connectivity index (χ3v) is 3.50. The molecule has 1 heterocycles. The van der Waals surface area contributed by atoms with Gasteiger partial charge in [-0.05, 0) is 25.3 Å². The van der Waals surface area contributed by atoms with Gasteiger partial charge in [-0.3, -0.25) is 14.9 Å². The van der Waals surface area contributed by atoms with Crippen LogP contribution < -0.4 is 0 Å². The Morgan fingerprint density at radius 1 is 1.55 bits per heavy atom. The summed E-state index contributed by atoms with van der Waals surface area (Å²) in [4.78, 5) is 24.0. The molecule has 6 nitrogen and oxygen atoms in total. The first-order valence-corrected chi connectivity index (χ1v) is 6.61. The lowest BCUT2D eigenvalue weighted by molar-refractivity contribution is -0.384. The van der Waals surface area contributed by atoms with Gasteiger partial charge in [-0.25, -0.2) is 0 Å². The maximum absolute atomic E-state index is 12.2. The summed E-state index contributed by atoms with van der Waals surface area (Å²) >= 11 is 0. The van der Waals surface area contributed by atoms with Crippen molar-refractivity contribution >= 4 is 11.6 Å². The number of likely N-dealkylation sites (tertiary alicyclic amines) is 1. The molecule has 1 aliphatic heterocycles. The van der Waals surface area contributed by atoms with Crippen molar-refractivity contribution in [2.75, 3.05) is 13.1 Å². The monoisotopic (exact) mass is 278 g/mol. The molecule has 0 saturated carbocycles. The summed E-state index contributed by atoms with van der Waals surface area (Å²) in [6.07, 6.45) is 1.58. The molecule has 0 bridgehead atoms. The number of benzene rings is 1. The van der Waals surface area contributed by atoms with E-state index in [9.17, 15) is 20.0 Å². The molecule has 2 rings (SSSR count). The van der Waals surface area contributed by atoms with Crippen molar-refractivity contribution in [2.45, 2.75) is 31.8 Å². The number of piperidine rings is 1. The van der Waals surface area contributed by atoms with E-state index in [1.165, 1.54) is 12.1 Å². The van der Waals surface area contributed by atoms with E-state index in [1.54, 1.807) is 24.0 Å². The van der Waals surface area contributed by atoms with Crippen molar-refractivity contribution in [1.82, 2.24) is 4.90 Å². The number of nitro benzene ring substituents is 1. The number of β-amino-alcohol motifs (C(OH)–C–C–N with tert-alkyl or cyclic N) is 1. The average molecular weight is 278 g/mol. The zero-order valence-corrected chi connectivity index (χ0v) is 11.4. The highest BCUT2D eigenvalue weighted by molar-refractivity contribution is 5.79. The average Bonchev–Trinajstić information content (AvgIpc) is 2.37. The Bertz CT molecular complexity index is 528. The van der Waals surface area contributed by atoms with Gasteiger partial charge in [-0.2, -0.15) is 0 Å². The molecule has 1 amide bonds. The second kappa shape index (κ2) is 5.58. The molecular weight excluding hydrogens is 260 g/mol. The fourth-order valence-electron chi connectivity index (χ4n) is 2.50. The molecule has 1 N–H and O–H groups in total. The van der Waals surface area contributed by atoms with E-state index < -0.39 is 10.5 Å². The highest BCUT2D eigenvalue weighted by Gasteiger charge is 2.30. The van der Waals surface area contributed by atoms with Gasteiger partial charge in [-0.15, -0.1) is 0 Å². The Kier molecular flexibility index (Phi) is 4.04. The highest BCUT2D eigenvalue weighted by Crippen LogP contribution is 2.21. The normalized spacial score (nSPS) is 22.6. The van der Waals surface area contributed by atoms with Crippen LogP contribution in [0.25, 0.3) is 0 Å². The first-order valence-electron chi connectivity index (χ1n) is 6.61. The fourth-order valence-corrected chi connectivity index (χ4v) is 2.50. The van der Waals surface area contributed by atoms with E-state index in [-0.39, 0.29) is 18.0 Å². The van der Waals surface area contributed by atoms with Crippen LogP contribution in [0.2, 0.25) is 0 Å². The molecule has 1 aromatic carbocycles. The second-order valence-corrected chi connectivity index (χ2v) is 5.52. The first kappa shape index (κ1) is 14.5. The van der Waals surface area contributed by atoms with Crippen LogP contribution in [0.5, 0.6) is 0 Å². The Balaban J connectivity index is 2.04. The summed E-state index contributed by atoms with van der Waals surface area (Å²) in [5.41, 5.74) is -0.230. The third-order valence-electron chi connectivity index (χ3n) is 3.50. The van der Waals surface area contributed by atoms with Crippen LogP contribution in [0.4, 0.5) is 5.69 Å². The summed E-state index contributed by atoms with van der Waals surface area (Å²) in [6, 6.07) is 6.10. The SMILES string of the molecule is CC1(O)CCCN(C(=O)Cc2cccc([N+](=O)[O-])c2)C1. The zero-order chi connectivity index (χ0) is 14.8. The lowest BCUT2D eigenvalue weighted by atomic mass is 9.94. The van der Waals surface area contributed by atoms with Gasteiger partial charge < -0.3 is 10.0 Å². The van der Waals surface area contributed by atoms with E-state index in [2.05, 4.69) is 0 Å². The van der Waals surface area contributed by atoms with Gasteiger partial charge >= 0.3 is 0 Å². The Morgan fingerprint density at radius 3 is 2.95 bits per heavy atom. The molecule has 1 aromatic rings. The Hall–Kier alpha value is -1.95. The van der Waals surface area contributed by atoms with Crippen molar-refractivity contribution in [2.24, 2.45) is 0 Å². The molecule has 1 aliphatic rings. The van der Waals surface area contributed by atoms with Crippen LogP contribution in [0.15, 0.2) is 24.3 Å².